The van der Waals surface area contributed by atoms with Crippen LogP contribution >= 0.6 is 0 Å². The third-order valence-electron chi connectivity index (χ3n) is 3.71. The number of benzene rings is 1. The number of aliphatic imine (C=N–C) groups is 1. The summed E-state index contributed by atoms with van der Waals surface area (Å²) in [4.78, 5) is 19.4. The van der Waals surface area contributed by atoms with E-state index >= 15 is 0 Å². The normalized spacial score (nSPS) is 18.0. The van der Waals surface area contributed by atoms with Crippen molar-refractivity contribution >= 4 is 39.4 Å². The summed E-state index contributed by atoms with van der Waals surface area (Å²) in [5.74, 6) is -0.161. The molecule has 23 heavy (non-hydrogen) atoms. The quantitative estimate of drug-likeness (QED) is 0.812. The maximum atomic E-state index is 12.6. The number of guanidine groups is 2. The van der Waals surface area contributed by atoms with Gasteiger partial charge >= 0.3 is 10.2 Å². The van der Waals surface area contributed by atoms with Gasteiger partial charge in [0, 0.05) is 20.0 Å². The van der Waals surface area contributed by atoms with Crippen LogP contribution in [0.4, 0.5) is 11.4 Å². The Hall–Kier alpha value is -2.42. The van der Waals surface area contributed by atoms with Crippen molar-refractivity contribution in [1.29, 1.82) is 0 Å². The molecule has 1 aromatic rings. The fourth-order valence-corrected chi connectivity index (χ4v) is 3.83. The molecule has 0 unspecified atom stereocenters. The zero-order chi connectivity index (χ0) is 16.8. The van der Waals surface area contributed by atoms with E-state index in [1.54, 1.807) is 29.2 Å². The smallest absolute Gasteiger partial charge is 0.341 e. The summed E-state index contributed by atoms with van der Waals surface area (Å²) in [7, 11) is -4.00. The number of hydrogen-bond acceptors (Lipinski definition) is 5. The SMILES string of the molecule is CCN(CC)C1=NS(=O)(=O)N2C(=N1)N(C(C)=O)c1ccccc12. The molecule has 0 saturated heterocycles. The fraction of sp³-hybridized carbons (Fsp3) is 0.357. The number of amides is 1. The second-order valence-electron chi connectivity index (χ2n) is 5.06. The minimum atomic E-state index is -4.00. The number of rotatable bonds is 2. The molecule has 8 nitrogen and oxygen atoms in total. The van der Waals surface area contributed by atoms with Crippen molar-refractivity contribution in [2.45, 2.75) is 20.8 Å². The molecule has 0 radical (unpaired) electrons. The van der Waals surface area contributed by atoms with Gasteiger partial charge in [0.05, 0.1) is 11.4 Å². The molecule has 2 aliphatic heterocycles. The first-order valence-electron chi connectivity index (χ1n) is 7.29. The Morgan fingerprint density at radius 3 is 2.35 bits per heavy atom. The molecule has 0 spiro atoms. The summed E-state index contributed by atoms with van der Waals surface area (Å²) in [5, 5.41) is 0. The van der Waals surface area contributed by atoms with E-state index in [-0.39, 0.29) is 17.8 Å². The number of hydrogen-bond donors (Lipinski definition) is 0. The van der Waals surface area contributed by atoms with Gasteiger partial charge in [-0.25, -0.2) is 4.90 Å². The van der Waals surface area contributed by atoms with Crippen LogP contribution < -0.4 is 9.21 Å². The number of carbonyl (C=O) groups excluding carboxylic acids is 1. The number of nitrogens with zero attached hydrogens (tertiary/aromatic N) is 5. The van der Waals surface area contributed by atoms with Gasteiger partial charge in [-0.3, -0.25) is 4.79 Å². The van der Waals surface area contributed by atoms with E-state index in [2.05, 4.69) is 9.39 Å². The molecule has 2 heterocycles. The van der Waals surface area contributed by atoms with E-state index < -0.39 is 10.2 Å². The van der Waals surface area contributed by atoms with Crippen molar-refractivity contribution in [3.05, 3.63) is 24.3 Å². The van der Waals surface area contributed by atoms with Gasteiger partial charge in [-0.05, 0) is 26.0 Å². The highest BCUT2D eigenvalue weighted by molar-refractivity contribution is 7.92. The molecule has 1 amide bonds. The maximum Gasteiger partial charge on any atom is 0.354 e. The van der Waals surface area contributed by atoms with Crippen LogP contribution in [0.25, 0.3) is 0 Å². The summed E-state index contributed by atoms with van der Waals surface area (Å²) in [6.07, 6.45) is 0. The van der Waals surface area contributed by atoms with Crippen LogP contribution in [0.3, 0.4) is 0 Å². The first-order valence-corrected chi connectivity index (χ1v) is 8.69. The number of carbonyl (C=O) groups is 1. The molecular weight excluding hydrogens is 318 g/mol. The number of fused-ring (bicyclic) bond motifs is 3. The van der Waals surface area contributed by atoms with Crippen molar-refractivity contribution in [2.24, 2.45) is 9.39 Å². The molecule has 3 rings (SSSR count). The van der Waals surface area contributed by atoms with E-state index in [0.29, 0.717) is 24.5 Å². The molecule has 0 saturated carbocycles. The highest BCUT2D eigenvalue weighted by atomic mass is 32.2. The summed E-state index contributed by atoms with van der Waals surface area (Å²) in [6.45, 7) is 6.27. The summed E-state index contributed by atoms with van der Waals surface area (Å²) >= 11 is 0. The Bertz CT molecular complexity index is 827. The van der Waals surface area contributed by atoms with Crippen LogP contribution in [0.5, 0.6) is 0 Å². The molecule has 0 atom stereocenters. The minimum Gasteiger partial charge on any atom is -0.341 e. The monoisotopic (exact) mass is 335 g/mol. The van der Waals surface area contributed by atoms with Crippen LogP contribution in [-0.2, 0) is 15.0 Å². The zero-order valence-electron chi connectivity index (χ0n) is 13.1. The Labute approximate surface area is 134 Å². The van der Waals surface area contributed by atoms with Crippen molar-refractivity contribution < 1.29 is 13.2 Å². The van der Waals surface area contributed by atoms with E-state index in [0.717, 1.165) is 4.31 Å². The van der Waals surface area contributed by atoms with Gasteiger partial charge in [0.15, 0.2) is 0 Å². The van der Waals surface area contributed by atoms with Crippen molar-refractivity contribution in [1.82, 2.24) is 4.90 Å². The molecule has 9 heteroatoms. The second kappa shape index (κ2) is 5.34. The predicted octanol–water partition coefficient (Wildman–Crippen LogP) is 1.17. The van der Waals surface area contributed by atoms with Gasteiger partial charge in [0.2, 0.25) is 17.8 Å². The maximum absolute atomic E-state index is 12.6. The zero-order valence-corrected chi connectivity index (χ0v) is 13.9. The van der Waals surface area contributed by atoms with E-state index in [4.69, 9.17) is 0 Å². The van der Waals surface area contributed by atoms with Gasteiger partial charge in [-0.2, -0.15) is 17.7 Å². The van der Waals surface area contributed by atoms with Crippen molar-refractivity contribution in [3.8, 4) is 0 Å². The van der Waals surface area contributed by atoms with Crippen LogP contribution in [0.1, 0.15) is 20.8 Å². The lowest BCUT2D eigenvalue weighted by Gasteiger charge is -2.27. The molecule has 0 aliphatic carbocycles. The molecule has 0 aromatic heterocycles. The molecule has 0 bridgehead atoms. The van der Waals surface area contributed by atoms with Gasteiger partial charge in [0.1, 0.15) is 0 Å². The fourth-order valence-electron chi connectivity index (χ4n) is 2.65. The second-order valence-corrected chi connectivity index (χ2v) is 6.50. The first kappa shape index (κ1) is 15.5. The standard InChI is InChI=1S/C14H17N5O3S/c1-4-17(5-2)13-15-14-18(10(3)20)11-8-6-7-9-12(11)19(14)23(21,22)16-13/h6-9H,4-5H2,1-3H3. The van der Waals surface area contributed by atoms with E-state index in [9.17, 15) is 13.2 Å². The lowest BCUT2D eigenvalue weighted by atomic mass is 10.2. The van der Waals surface area contributed by atoms with Crippen LogP contribution in [0.15, 0.2) is 33.7 Å². The summed E-state index contributed by atoms with van der Waals surface area (Å²) < 4.78 is 30.1. The average Bonchev–Trinajstić information content (AvgIpc) is 2.82. The van der Waals surface area contributed by atoms with Gasteiger partial charge in [-0.1, -0.05) is 12.1 Å². The van der Waals surface area contributed by atoms with Gasteiger partial charge < -0.3 is 4.90 Å². The van der Waals surface area contributed by atoms with Crippen LogP contribution in [0.2, 0.25) is 0 Å². The Morgan fingerprint density at radius 1 is 1.17 bits per heavy atom. The molecule has 2 aliphatic rings. The van der Waals surface area contributed by atoms with Crippen molar-refractivity contribution in [3.63, 3.8) is 0 Å². The van der Waals surface area contributed by atoms with E-state index in [1.165, 1.54) is 11.8 Å². The Kier molecular flexibility index (Phi) is 3.59. The Balaban J connectivity index is 2.22. The summed E-state index contributed by atoms with van der Waals surface area (Å²) in [6, 6.07) is 6.76. The van der Waals surface area contributed by atoms with Crippen molar-refractivity contribution in [2.75, 3.05) is 22.3 Å². The largest absolute Gasteiger partial charge is 0.354 e. The average molecular weight is 335 g/mol. The molecule has 0 N–H and O–H groups in total. The van der Waals surface area contributed by atoms with Gasteiger partial charge in [-0.15, -0.1) is 4.40 Å². The molecule has 122 valence electrons. The third kappa shape index (κ3) is 2.27. The number of para-hydroxylation sites is 2. The summed E-state index contributed by atoms with van der Waals surface area (Å²) in [5.41, 5.74) is 0.863. The molecular formula is C14H17N5O3S. The lowest BCUT2D eigenvalue weighted by Crippen LogP contribution is -2.48. The van der Waals surface area contributed by atoms with Gasteiger partial charge in [0.25, 0.3) is 0 Å². The van der Waals surface area contributed by atoms with E-state index in [1.807, 2.05) is 13.8 Å². The number of anilines is 2. The van der Waals surface area contributed by atoms with Crippen LogP contribution in [-0.4, -0.2) is 44.2 Å². The third-order valence-corrected chi connectivity index (χ3v) is 4.93. The highest BCUT2D eigenvalue weighted by Crippen LogP contribution is 2.40. The van der Waals surface area contributed by atoms with Crippen LogP contribution in [0, 0.1) is 0 Å². The minimum absolute atomic E-state index is 0.0515. The molecule has 1 aromatic carbocycles. The highest BCUT2D eigenvalue weighted by Gasteiger charge is 2.45. The first-order chi connectivity index (χ1) is 10.9. The predicted molar refractivity (Wildman–Crippen MR) is 88.8 cm³/mol. The lowest BCUT2D eigenvalue weighted by molar-refractivity contribution is -0.115. The molecule has 0 fully saturated rings. The Morgan fingerprint density at radius 2 is 1.78 bits per heavy atom. The topological polar surface area (TPSA) is 85.7 Å².